The van der Waals surface area contributed by atoms with Crippen LogP contribution in [-0.2, 0) is 0 Å². The van der Waals surface area contributed by atoms with Crippen LogP contribution in [0.3, 0.4) is 0 Å². The van der Waals surface area contributed by atoms with Gasteiger partial charge in [0.2, 0.25) is 0 Å². The van der Waals surface area contributed by atoms with E-state index < -0.39 is 0 Å². The van der Waals surface area contributed by atoms with E-state index in [1.54, 1.807) is 6.20 Å². The number of hydrogen-bond acceptors (Lipinski definition) is 5. The van der Waals surface area contributed by atoms with E-state index >= 15 is 0 Å². The minimum atomic E-state index is 0.251. The third-order valence-electron chi connectivity index (χ3n) is 2.78. The zero-order valence-corrected chi connectivity index (χ0v) is 9.87. The van der Waals surface area contributed by atoms with E-state index in [9.17, 15) is 0 Å². The van der Waals surface area contributed by atoms with Crippen molar-refractivity contribution in [2.75, 3.05) is 11.4 Å². The molecular weight excluding hydrogens is 218 g/mol. The first kappa shape index (κ1) is 11.6. The fourth-order valence-electron chi connectivity index (χ4n) is 1.76. The van der Waals surface area contributed by atoms with Crippen LogP contribution in [-0.4, -0.2) is 33.6 Å². The van der Waals surface area contributed by atoms with E-state index in [2.05, 4.69) is 20.0 Å². The van der Waals surface area contributed by atoms with Crippen LogP contribution in [0, 0.1) is 6.92 Å². The summed E-state index contributed by atoms with van der Waals surface area (Å²) in [7, 11) is 0. The molecule has 1 aliphatic rings. The maximum Gasteiger partial charge on any atom is 0.140 e. The Morgan fingerprint density at radius 1 is 1.65 bits per heavy atom. The molecule has 0 unspecified atom stereocenters. The van der Waals surface area contributed by atoms with Crippen molar-refractivity contribution in [3.8, 4) is 0 Å². The summed E-state index contributed by atoms with van der Waals surface area (Å²) in [5.41, 5.74) is 5.49. The molecule has 0 aliphatic heterocycles. The fraction of sp³-hybridized carbons (Fsp3) is 0.545. The van der Waals surface area contributed by atoms with Crippen LogP contribution >= 0.6 is 0 Å². The predicted octanol–water partition coefficient (Wildman–Crippen LogP) is 0.890. The van der Waals surface area contributed by atoms with Gasteiger partial charge in [0.05, 0.1) is 0 Å². The van der Waals surface area contributed by atoms with Crippen molar-refractivity contribution in [1.29, 1.82) is 0 Å². The predicted molar refractivity (Wildman–Crippen MR) is 65.2 cm³/mol. The van der Waals surface area contributed by atoms with Crippen LogP contribution in [0.5, 0.6) is 0 Å². The minimum absolute atomic E-state index is 0.251. The van der Waals surface area contributed by atoms with Gasteiger partial charge in [0.1, 0.15) is 17.5 Å². The number of oxime groups is 1. The number of nitrogens with two attached hydrogens (primary N) is 1. The Morgan fingerprint density at radius 2 is 2.41 bits per heavy atom. The summed E-state index contributed by atoms with van der Waals surface area (Å²) >= 11 is 0. The average molecular weight is 235 g/mol. The lowest BCUT2D eigenvalue weighted by Crippen LogP contribution is -2.31. The second-order valence-electron chi connectivity index (χ2n) is 4.23. The number of hydrogen-bond donors (Lipinski definition) is 2. The Bertz CT molecular complexity index is 416. The van der Waals surface area contributed by atoms with Gasteiger partial charge < -0.3 is 15.8 Å². The van der Waals surface area contributed by atoms with Crippen molar-refractivity contribution in [2.45, 2.75) is 32.2 Å². The highest BCUT2D eigenvalue weighted by Crippen LogP contribution is 2.30. The molecule has 1 fully saturated rings. The zero-order chi connectivity index (χ0) is 12.3. The van der Waals surface area contributed by atoms with Crippen LogP contribution in [0.2, 0.25) is 0 Å². The molecule has 17 heavy (non-hydrogen) atoms. The Kier molecular flexibility index (Phi) is 3.41. The first-order chi connectivity index (χ1) is 8.20. The molecule has 0 aromatic carbocycles. The first-order valence-corrected chi connectivity index (χ1v) is 5.73. The summed E-state index contributed by atoms with van der Waals surface area (Å²) in [6.45, 7) is 2.59. The van der Waals surface area contributed by atoms with Crippen molar-refractivity contribution in [3.63, 3.8) is 0 Å². The number of aryl methyl sites for hydroxylation is 1. The Balaban J connectivity index is 2.07. The van der Waals surface area contributed by atoms with Gasteiger partial charge >= 0.3 is 0 Å². The molecule has 92 valence electrons. The van der Waals surface area contributed by atoms with Gasteiger partial charge in [0.15, 0.2) is 0 Å². The van der Waals surface area contributed by atoms with Crippen LogP contribution in [0.4, 0.5) is 5.82 Å². The molecule has 0 saturated heterocycles. The summed E-state index contributed by atoms with van der Waals surface area (Å²) < 4.78 is 0. The largest absolute Gasteiger partial charge is 0.409 e. The molecule has 1 saturated carbocycles. The second kappa shape index (κ2) is 4.99. The molecule has 6 heteroatoms. The first-order valence-electron chi connectivity index (χ1n) is 5.73. The normalized spacial score (nSPS) is 15.9. The van der Waals surface area contributed by atoms with E-state index in [1.165, 1.54) is 12.8 Å². The summed E-state index contributed by atoms with van der Waals surface area (Å²) in [5, 5.41) is 11.5. The monoisotopic (exact) mass is 235 g/mol. The summed E-state index contributed by atoms with van der Waals surface area (Å²) in [4.78, 5) is 10.7. The van der Waals surface area contributed by atoms with E-state index in [1.807, 2.05) is 13.0 Å². The van der Waals surface area contributed by atoms with Crippen molar-refractivity contribution < 1.29 is 5.21 Å². The van der Waals surface area contributed by atoms with Crippen LogP contribution in [0.15, 0.2) is 17.4 Å². The van der Waals surface area contributed by atoms with Gasteiger partial charge in [-0.2, -0.15) is 0 Å². The molecule has 1 heterocycles. The third-order valence-corrected chi connectivity index (χ3v) is 2.78. The average Bonchev–Trinajstić information content (AvgIpc) is 3.13. The van der Waals surface area contributed by atoms with E-state index in [0.29, 0.717) is 12.5 Å². The molecule has 3 N–H and O–H groups in total. The second-order valence-corrected chi connectivity index (χ2v) is 4.23. The molecule has 1 aromatic rings. The maximum atomic E-state index is 8.54. The van der Waals surface area contributed by atoms with Gasteiger partial charge in [-0.1, -0.05) is 5.16 Å². The smallest absolute Gasteiger partial charge is 0.140 e. The van der Waals surface area contributed by atoms with E-state index in [0.717, 1.165) is 18.2 Å². The molecule has 0 atom stereocenters. The molecule has 0 radical (unpaired) electrons. The van der Waals surface area contributed by atoms with Crippen molar-refractivity contribution in [3.05, 3.63) is 18.1 Å². The minimum Gasteiger partial charge on any atom is -0.409 e. The van der Waals surface area contributed by atoms with Crippen LogP contribution < -0.4 is 10.6 Å². The maximum absolute atomic E-state index is 8.54. The van der Waals surface area contributed by atoms with Crippen LogP contribution in [0.1, 0.15) is 25.1 Å². The Labute approximate surface area is 100 Å². The lowest BCUT2D eigenvalue weighted by Gasteiger charge is -2.23. The lowest BCUT2D eigenvalue weighted by atomic mass is 10.3. The van der Waals surface area contributed by atoms with Crippen molar-refractivity contribution >= 4 is 11.7 Å². The van der Waals surface area contributed by atoms with Crippen LogP contribution in [0.25, 0.3) is 0 Å². The number of amidine groups is 1. The summed E-state index contributed by atoms with van der Waals surface area (Å²) in [6, 6.07) is 2.44. The summed E-state index contributed by atoms with van der Waals surface area (Å²) in [5.74, 6) is 1.93. The molecule has 2 rings (SSSR count). The van der Waals surface area contributed by atoms with Gasteiger partial charge in [-0.3, -0.25) is 0 Å². The number of rotatable bonds is 5. The molecular formula is C11H17N5O. The van der Waals surface area contributed by atoms with E-state index in [-0.39, 0.29) is 5.84 Å². The van der Waals surface area contributed by atoms with Gasteiger partial charge in [-0.05, 0) is 25.8 Å². The molecule has 1 aliphatic carbocycles. The highest BCUT2D eigenvalue weighted by molar-refractivity contribution is 5.80. The number of aromatic nitrogens is 2. The van der Waals surface area contributed by atoms with Gasteiger partial charge in [0, 0.05) is 25.2 Å². The zero-order valence-electron chi connectivity index (χ0n) is 9.87. The van der Waals surface area contributed by atoms with E-state index in [4.69, 9.17) is 10.9 Å². The molecule has 0 bridgehead atoms. The van der Waals surface area contributed by atoms with Gasteiger partial charge in [-0.15, -0.1) is 0 Å². The summed E-state index contributed by atoms with van der Waals surface area (Å²) in [6.07, 6.45) is 4.66. The fourth-order valence-corrected chi connectivity index (χ4v) is 1.76. The SMILES string of the molecule is Cc1nccc(N(CCC(N)=NO)C2CC2)n1. The van der Waals surface area contributed by atoms with Crippen molar-refractivity contribution in [1.82, 2.24) is 9.97 Å². The lowest BCUT2D eigenvalue weighted by molar-refractivity contribution is 0.317. The number of anilines is 1. The number of nitrogens with zero attached hydrogens (tertiary/aromatic N) is 4. The Morgan fingerprint density at radius 3 is 3.00 bits per heavy atom. The van der Waals surface area contributed by atoms with Gasteiger partial charge in [0.25, 0.3) is 0 Å². The molecule has 0 spiro atoms. The highest BCUT2D eigenvalue weighted by Gasteiger charge is 2.29. The quantitative estimate of drug-likeness (QED) is 0.342. The topological polar surface area (TPSA) is 87.6 Å². The van der Waals surface area contributed by atoms with Gasteiger partial charge in [-0.25, -0.2) is 9.97 Å². The third kappa shape index (κ3) is 3.05. The molecule has 0 amide bonds. The highest BCUT2D eigenvalue weighted by atomic mass is 16.4. The molecule has 1 aromatic heterocycles. The van der Waals surface area contributed by atoms with Crippen molar-refractivity contribution in [2.24, 2.45) is 10.9 Å². The molecule has 6 nitrogen and oxygen atoms in total. The standard InChI is InChI=1S/C11H17N5O/c1-8-13-6-4-11(14-8)16(9-2-3-9)7-5-10(12)15-17/h4,6,9,17H,2-3,5,7H2,1H3,(H2,12,15). The Hall–Kier alpha value is -1.85.